The number of nitrogens with zero attached hydrogens (tertiary/aromatic N) is 2. The molecule has 0 bridgehead atoms. The van der Waals surface area contributed by atoms with Crippen LogP contribution in [0.3, 0.4) is 0 Å². The van der Waals surface area contributed by atoms with Crippen molar-refractivity contribution in [2.45, 2.75) is 6.92 Å². The molecule has 2 aromatic rings. The van der Waals surface area contributed by atoms with Gasteiger partial charge in [0.25, 0.3) is 0 Å². The molecule has 1 aromatic carbocycles. The normalized spacial score (nSPS) is 10.2. The van der Waals surface area contributed by atoms with E-state index in [0.29, 0.717) is 11.3 Å². The van der Waals surface area contributed by atoms with E-state index < -0.39 is 4.92 Å². The molecule has 17 heavy (non-hydrogen) atoms. The minimum atomic E-state index is -0.495. The lowest BCUT2D eigenvalue weighted by atomic mass is 10.1. The Labute approximate surface area is 97.0 Å². The zero-order valence-electron chi connectivity index (χ0n) is 9.34. The zero-order chi connectivity index (χ0) is 12.4. The monoisotopic (exact) mass is 234 g/mol. The van der Waals surface area contributed by atoms with E-state index in [2.05, 4.69) is 5.16 Å². The zero-order valence-corrected chi connectivity index (χ0v) is 9.34. The lowest BCUT2D eigenvalue weighted by Gasteiger charge is -1.99. The van der Waals surface area contributed by atoms with Crippen molar-refractivity contribution in [2.75, 3.05) is 7.11 Å². The van der Waals surface area contributed by atoms with Crippen LogP contribution < -0.4 is 4.74 Å². The Balaban J connectivity index is 2.49. The van der Waals surface area contributed by atoms with Crippen molar-refractivity contribution in [3.63, 3.8) is 0 Å². The van der Waals surface area contributed by atoms with Gasteiger partial charge in [0.2, 0.25) is 5.76 Å². The fourth-order valence-corrected chi connectivity index (χ4v) is 1.52. The van der Waals surface area contributed by atoms with Crippen molar-refractivity contribution in [3.05, 3.63) is 40.1 Å². The molecule has 0 spiro atoms. The quantitative estimate of drug-likeness (QED) is 0.602. The first-order valence-corrected chi connectivity index (χ1v) is 4.88. The summed E-state index contributed by atoms with van der Waals surface area (Å²) in [5.74, 6) is 0.873. The van der Waals surface area contributed by atoms with E-state index in [1.807, 2.05) is 0 Å². The van der Waals surface area contributed by atoms with Crippen molar-refractivity contribution in [1.82, 2.24) is 5.16 Å². The Morgan fingerprint density at radius 1 is 1.35 bits per heavy atom. The maximum absolute atomic E-state index is 10.9. The van der Waals surface area contributed by atoms with Crippen LogP contribution in [0.5, 0.6) is 5.75 Å². The molecule has 0 fully saturated rings. The third kappa shape index (κ3) is 1.96. The number of rotatable bonds is 3. The van der Waals surface area contributed by atoms with Crippen LogP contribution in [0.15, 0.2) is 28.8 Å². The van der Waals surface area contributed by atoms with E-state index in [1.165, 1.54) is 6.92 Å². The summed E-state index contributed by atoms with van der Waals surface area (Å²) in [7, 11) is 1.55. The van der Waals surface area contributed by atoms with Gasteiger partial charge in [-0.25, -0.2) is 0 Å². The highest BCUT2D eigenvalue weighted by molar-refractivity contribution is 5.70. The lowest BCUT2D eigenvalue weighted by Crippen LogP contribution is -1.91. The maximum Gasteiger partial charge on any atom is 0.339 e. The minimum Gasteiger partial charge on any atom is -0.497 e. The van der Waals surface area contributed by atoms with E-state index >= 15 is 0 Å². The summed E-state index contributed by atoms with van der Waals surface area (Å²) in [6.07, 6.45) is 0. The topological polar surface area (TPSA) is 78.4 Å². The van der Waals surface area contributed by atoms with Gasteiger partial charge in [-0.1, -0.05) is 5.16 Å². The Morgan fingerprint density at radius 2 is 2.00 bits per heavy atom. The van der Waals surface area contributed by atoms with Crippen LogP contribution in [0, 0.1) is 17.0 Å². The lowest BCUT2D eigenvalue weighted by molar-refractivity contribution is -0.385. The summed E-state index contributed by atoms with van der Waals surface area (Å²) in [6.45, 7) is 1.51. The molecule has 0 unspecified atom stereocenters. The molecule has 0 N–H and O–H groups in total. The third-order valence-corrected chi connectivity index (χ3v) is 2.38. The second-order valence-electron chi connectivity index (χ2n) is 3.42. The summed E-state index contributed by atoms with van der Waals surface area (Å²) in [4.78, 5) is 10.4. The van der Waals surface area contributed by atoms with Gasteiger partial charge < -0.3 is 9.26 Å². The van der Waals surface area contributed by atoms with Gasteiger partial charge in [0.05, 0.1) is 12.0 Å². The van der Waals surface area contributed by atoms with E-state index in [9.17, 15) is 10.1 Å². The van der Waals surface area contributed by atoms with Crippen LogP contribution in [0.1, 0.15) is 5.76 Å². The summed E-state index contributed by atoms with van der Waals surface area (Å²) < 4.78 is 9.86. The Bertz CT molecular complexity index is 545. The first-order chi connectivity index (χ1) is 8.13. The highest BCUT2D eigenvalue weighted by Crippen LogP contribution is 2.32. The molecular weight excluding hydrogens is 224 g/mol. The van der Waals surface area contributed by atoms with E-state index in [-0.39, 0.29) is 17.1 Å². The molecule has 0 radical (unpaired) electrons. The first kappa shape index (κ1) is 11.1. The molecule has 2 rings (SSSR count). The molecule has 88 valence electrons. The standard InChI is InChI=1S/C11H10N2O4/c1-7-11(13(14)15)10(12-17-7)8-3-5-9(16-2)6-4-8/h3-6H,1-2H3. The molecule has 1 heterocycles. The van der Waals surface area contributed by atoms with E-state index in [4.69, 9.17) is 9.26 Å². The number of aryl methyl sites for hydroxylation is 1. The number of hydrogen-bond acceptors (Lipinski definition) is 5. The van der Waals surface area contributed by atoms with Gasteiger partial charge >= 0.3 is 5.69 Å². The maximum atomic E-state index is 10.9. The average molecular weight is 234 g/mol. The van der Waals surface area contributed by atoms with Crippen molar-refractivity contribution < 1.29 is 14.2 Å². The number of benzene rings is 1. The Hall–Kier alpha value is -2.37. The minimum absolute atomic E-state index is 0.102. The number of methoxy groups -OCH3 is 1. The molecule has 1 aromatic heterocycles. The number of aromatic nitrogens is 1. The van der Waals surface area contributed by atoms with E-state index in [1.54, 1.807) is 31.4 Å². The average Bonchev–Trinajstić information content (AvgIpc) is 2.71. The Morgan fingerprint density at radius 3 is 2.53 bits per heavy atom. The van der Waals surface area contributed by atoms with Gasteiger partial charge in [-0.2, -0.15) is 0 Å². The van der Waals surface area contributed by atoms with Crippen LogP contribution in [-0.4, -0.2) is 17.2 Å². The van der Waals surface area contributed by atoms with Gasteiger partial charge in [0.1, 0.15) is 5.75 Å². The molecule has 0 saturated carbocycles. The molecule has 0 aliphatic carbocycles. The SMILES string of the molecule is COc1ccc(-c2noc(C)c2[N+](=O)[O-])cc1. The molecule has 0 amide bonds. The smallest absolute Gasteiger partial charge is 0.339 e. The second-order valence-corrected chi connectivity index (χ2v) is 3.42. The van der Waals surface area contributed by atoms with Crippen molar-refractivity contribution in [3.8, 4) is 17.0 Å². The van der Waals surface area contributed by atoms with Crippen molar-refractivity contribution in [2.24, 2.45) is 0 Å². The van der Waals surface area contributed by atoms with Gasteiger partial charge in [-0.15, -0.1) is 0 Å². The van der Waals surface area contributed by atoms with Crippen LogP contribution in [0.25, 0.3) is 11.3 Å². The van der Waals surface area contributed by atoms with Crippen molar-refractivity contribution in [1.29, 1.82) is 0 Å². The predicted octanol–water partition coefficient (Wildman–Crippen LogP) is 2.57. The number of hydrogen-bond donors (Lipinski definition) is 0. The fourth-order valence-electron chi connectivity index (χ4n) is 1.52. The van der Waals surface area contributed by atoms with Crippen LogP contribution in [0.4, 0.5) is 5.69 Å². The van der Waals surface area contributed by atoms with Gasteiger partial charge in [0, 0.05) is 12.5 Å². The fraction of sp³-hybridized carbons (Fsp3) is 0.182. The molecule has 6 nitrogen and oxygen atoms in total. The number of ether oxygens (including phenoxy) is 1. The molecule has 0 atom stereocenters. The molecule has 0 aliphatic rings. The van der Waals surface area contributed by atoms with E-state index in [0.717, 1.165) is 0 Å². The highest BCUT2D eigenvalue weighted by Gasteiger charge is 2.24. The van der Waals surface area contributed by atoms with Crippen LogP contribution >= 0.6 is 0 Å². The molecular formula is C11H10N2O4. The number of nitro groups is 1. The summed E-state index contributed by atoms with van der Waals surface area (Å²) in [6, 6.07) is 6.82. The van der Waals surface area contributed by atoms with Gasteiger partial charge in [-0.05, 0) is 24.3 Å². The molecule has 6 heteroatoms. The third-order valence-electron chi connectivity index (χ3n) is 2.38. The largest absolute Gasteiger partial charge is 0.497 e. The van der Waals surface area contributed by atoms with Gasteiger partial charge in [0.15, 0.2) is 5.69 Å². The predicted molar refractivity (Wildman–Crippen MR) is 59.9 cm³/mol. The first-order valence-electron chi connectivity index (χ1n) is 4.88. The summed E-state index contributed by atoms with van der Waals surface area (Å²) >= 11 is 0. The molecule has 0 aliphatic heterocycles. The second kappa shape index (κ2) is 4.25. The Kier molecular flexibility index (Phi) is 2.78. The highest BCUT2D eigenvalue weighted by atomic mass is 16.6. The van der Waals surface area contributed by atoms with Crippen LogP contribution in [0.2, 0.25) is 0 Å². The summed E-state index contributed by atoms with van der Waals surface area (Å²) in [5, 5.41) is 14.6. The van der Waals surface area contributed by atoms with Crippen LogP contribution in [-0.2, 0) is 0 Å². The van der Waals surface area contributed by atoms with Gasteiger partial charge in [-0.3, -0.25) is 10.1 Å². The van der Waals surface area contributed by atoms with Crippen molar-refractivity contribution >= 4 is 5.69 Å². The summed E-state index contributed by atoms with van der Waals surface area (Å²) in [5.41, 5.74) is 0.750. The molecule has 0 saturated heterocycles.